The fourth-order valence-electron chi connectivity index (χ4n) is 3.84. The molecular formula is C25H34Cl2FN5O3S. The molecule has 0 radical (unpaired) electrons. The summed E-state index contributed by atoms with van der Waals surface area (Å²) in [5.74, 6) is 0.476. The average Bonchev–Trinajstić information content (AvgIpc) is 2.83. The van der Waals surface area contributed by atoms with Crippen LogP contribution < -0.4 is 14.8 Å². The number of sulfonamides is 1. The summed E-state index contributed by atoms with van der Waals surface area (Å²) in [7, 11) is -3.59. The van der Waals surface area contributed by atoms with Gasteiger partial charge >= 0.3 is 0 Å². The van der Waals surface area contributed by atoms with Crippen LogP contribution in [0.1, 0.15) is 37.8 Å². The molecule has 0 spiro atoms. The molecule has 1 aliphatic rings. The van der Waals surface area contributed by atoms with Gasteiger partial charge in [-0.3, -0.25) is 15.1 Å². The van der Waals surface area contributed by atoms with Crippen molar-refractivity contribution in [3.63, 3.8) is 0 Å². The predicted octanol–water partition coefficient (Wildman–Crippen LogP) is 4.66. The lowest BCUT2D eigenvalue weighted by Gasteiger charge is -2.32. The molecule has 12 heteroatoms. The molecule has 1 aliphatic heterocycles. The van der Waals surface area contributed by atoms with E-state index in [4.69, 9.17) is 21.3 Å². The van der Waals surface area contributed by atoms with Crippen LogP contribution in [0, 0.1) is 16.6 Å². The summed E-state index contributed by atoms with van der Waals surface area (Å²) in [6, 6.07) is 11.0. The zero-order chi connectivity index (χ0) is 25.6. The van der Waals surface area contributed by atoms with E-state index in [1.807, 2.05) is 4.90 Å². The zero-order valence-electron chi connectivity index (χ0n) is 20.8. The van der Waals surface area contributed by atoms with Crippen LogP contribution in [0.25, 0.3) is 6.08 Å². The van der Waals surface area contributed by atoms with Crippen molar-refractivity contribution in [1.82, 2.24) is 4.90 Å². The van der Waals surface area contributed by atoms with Crippen molar-refractivity contribution < 1.29 is 17.5 Å². The van der Waals surface area contributed by atoms with Gasteiger partial charge in [0.1, 0.15) is 23.5 Å². The lowest BCUT2D eigenvalue weighted by Crippen LogP contribution is -2.40. The lowest BCUT2D eigenvalue weighted by molar-refractivity contribution is 0.130. The van der Waals surface area contributed by atoms with Crippen LogP contribution in [0.2, 0.25) is 0 Å². The number of nitrogens with two attached hydrogens (primary N) is 1. The molecule has 0 atom stereocenters. The molecule has 0 amide bonds. The van der Waals surface area contributed by atoms with E-state index in [0.717, 1.165) is 25.9 Å². The first-order chi connectivity index (χ1) is 16.6. The maximum atomic E-state index is 14.2. The number of piperidine rings is 1. The van der Waals surface area contributed by atoms with Crippen LogP contribution >= 0.6 is 24.8 Å². The van der Waals surface area contributed by atoms with Gasteiger partial charge in [-0.05, 0) is 56.3 Å². The minimum Gasteiger partial charge on any atom is -0.490 e. The van der Waals surface area contributed by atoms with Gasteiger partial charge in [-0.2, -0.15) is 0 Å². The van der Waals surface area contributed by atoms with Crippen molar-refractivity contribution in [2.75, 3.05) is 29.7 Å². The molecule has 8 nitrogen and oxygen atoms in total. The molecular weight excluding hydrogens is 540 g/mol. The Bertz CT molecular complexity index is 1200. The highest BCUT2D eigenvalue weighted by Crippen LogP contribution is 2.25. The van der Waals surface area contributed by atoms with Gasteiger partial charge in [-0.15, -0.1) is 24.8 Å². The van der Waals surface area contributed by atoms with Crippen molar-refractivity contribution in [1.29, 1.82) is 10.8 Å². The summed E-state index contributed by atoms with van der Waals surface area (Å²) in [4.78, 5) is 2.02. The Morgan fingerprint density at radius 1 is 1.16 bits per heavy atom. The Hall–Kier alpha value is -2.82. The molecule has 2 aromatic rings. The standard InChI is InChI=1S/C25H32FN5O3S.2ClH/c1-3-35(32,33)31(14-4-5-19-17-20(25(28)29)6-11-24(19)26)21-7-9-22(10-8-21)34-23-12-15-30(16-13-23)18(2)27;;/h4-11,17,23,27H,3,12-16H2,1-2H3,(H3,28,29);2*1H/b5-4+,27-18?;;. The summed E-state index contributed by atoms with van der Waals surface area (Å²) in [5.41, 5.74) is 6.57. The van der Waals surface area contributed by atoms with Crippen LogP contribution in [0.5, 0.6) is 5.75 Å². The van der Waals surface area contributed by atoms with Crippen LogP contribution in [0.3, 0.4) is 0 Å². The Morgan fingerprint density at radius 2 is 1.78 bits per heavy atom. The molecule has 0 aliphatic carbocycles. The van der Waals surface area contributed by atoms with Gasteiger partial charge in [0.25, 0.3) is 0 Å². The topological polar surface area (TPSA) is 124 Å². The summed E-state index contributed by atoms with van der Waals surface area (Å²) in [5, 5.41) is 15.2. The summed E-state index contributed by atoms with van der Waals surface area (Å²) in [6.07, 6.45) is 4.75. The number of hydrogen-bond donors (Lipinski definition) is 3. The smallest absolute Gasteiger partial charge is 0.235 e. The molecule has 0 aromatic heterocycles. The van der Waals surface area contributed by atoms with Crippen LogP contribution in [-0.4, -0.2) is 56.5 Å². The van der Waals surface area contributed by atoms with Crippen molar-refractivity contribution in [3.05, 3.63) is 65.5 Å². The van der Waals surface area contributed by atoms with Crippen molar-refractivity contribution >= 4 is 58.3 Å². The highest BCUT2D eigenvalue weighted by Gasteiger charge is 2.22. The molecule has 204 valence electrons. The molecule has 0 saturated carbocycles. The van der Waals surface area contributed by atoms with Crippen molar-refractivity contribution in [3.8, 4) is 5.75 Å². The highest BCUT2D eigenvalue weighted by atomic mass is 35.5. The molecule has 4 N–H and O–H groups in total. The van der Waals surface area contributed by atoms with Gasteiger partial charge < -0.3 is 15.4 Å². The molecule has 1 heterocycles. The molecule has 1 saturated heterocycles. The van der Waals surface area contributed by atoms with Crippen molar-refractivity contribution in [2.45, 2.75) is 32.8 Å². The first kappa shape index (κ1) is 32.2. The lowest BCUT2D eigenvalue weighted by atomic mass is 10.1. The zero-order valence-corrected chi connectivity index (χ0v) is 23.3. The van der Waals surface area contributed by atoms with Gasteiger partial charge in [0.05, 0.1) is 23.8 Å². The number of amidine groups is 2. The number of nitrogens with one attached hydrogen (secondary N) is 2. The first-order valence-electron chi connectivity index (χ1n) is 11.5. The second-order valence-corrected chi connectivity index (χ2v) is 10.5. The molecule has 2 aromatic carbocycles. The molecule has 0 bridgehead atoms. The number of anilines is 1. The second kappa shape index (κ2) is 14.2. The number of nitrogens with zero attached hydrogens (tertiary/aromatic N) is 2. The molecule has 0 unspecified atom stereocenters. The monoisotopic (exact) mass is 573 g/mol. The Morgan fingerprint density at radius 3 is 2.32 bits per heavy atom. The number of likely N-dealkylation sites (tertiary alicyclic amines) is 1. The third-order valence-electron chi connectivity index (χ3n) is 5.92. The van der Waals surface area contributed by atoms with E-state index in [-0.39, 0.29) is 54.6 Å². The van der Waals surface area contributed by atoms with E-state index in [1.165, 1.54) is 28.6 Å². The number of hydrogen-bond acceptors (Lipinski definition) is 5. The van der Waals surface area contributed by atoms with Crippen LogP contribution in [0.4, 0.5) is 10.1 Å². The fourth-order valence-corrected chi connectivity index (χ4v) is 4.91. The van der Waals surface area contributed by atoms with Gasteiger partial charge in [-0.1, -0.05) is 12.2 Å². The van der Waals surface area contributed by atoms with Crippen molar-refractivity contribution in [2.24, 2.45) is 5.73 Å². The minimum absolute atomic E-state index is 0. The molecule has 3 rings (SSSR count). The van der Waals surface area contributed by atoms with E-state index in [1.54, 1.807) is 44.2 Å². The summed E-state index contributed by atoms with van der Waals surface area (Å²) in [6.45, 7) is 4.93. The normalized spacial score (nSPS) is 14.0. The van der Waals surface area contributed by atoms with E-state index in [2.05, 4.69) is 0 Å². The van der Waals surface area contributed by atoms with Gasteiger partial charge in [-0.25, -0.2) is 12.8 Å². The van der Waals surface area contributed by atoms with E-state index >= 15 is 0 Å². The van der Waals surface area contributed by atoms with E-state index < -0.39 is 15.8 Å². The second-order valence-electron chi connectivity index (χ2n) is 8.37. The van der Waals surface area contributed by atoms with Crippen LogP contribution in [-0.2, 0) is 10.0 Å². The quantitative estimate of drug-likeness (QED) is 0.297. The maximum Gasteiger partial charge on any atom is 0.235 e. The number of benzene rings is 2. The Balaban J connectivity index is 0.00000342. The van der Waals surface area contributed by atoms with E-state index in [0.29, 0.717) is 22.8 Å². The number of halogens is 3. The first-order valence-corrected chi connectivity index (χ1v) is 13.1. The Labute approximate surface area is 230 Å². The minimum atomic E-state index is -3.59. The Kier molecular flexibility index (Phi) is 12.4. The largest absolute Gasteiger partial charge is 0.490 e. The summed E-state index contributed by atoms with van der Waals surface area (Å²) < 4.78 is 47.0. The third-order valence-corrected chi connectivity index (χ3v) is 7.68. The highest BCUT2D eigenvalue weighted by molar-refractivity contribution is 7.92. The molecule has 1 fully saturated rings. The number of ether oxygens (including phenoxy) is 1. The van der Waals surface area contributed by atoms with Gasteiger partial charge in [0.2, 0.25) is 10.0 Å². The van der Waals surface area contributed by atoms with Crippen LogP contribution in [0.15, 0.2) is 48.5 Å². The SMILES string of the molecule is CCS(=O)(=O)N(C/C=C/c1cc(C(=N)N)ccc1F)c1ccc(OC2CCN(C(C)=N)CC2)cc1.Cl.Cl. The molecule has 37 heavy (non-hydrogen) atoms. The summed E-state index contributed by atoms with van der Waals surface area (Å²) >= 11 is 0. The predicted molar refractivity (Wildman–Crippen MR) is 153 cm³/mol. The maximum absolute atomic E-state index is 14.2. The number of rotatable bonds is 9. The number of nitrogen functional groups attached to an aromatic ring is 1. The van der Waals surface area contributed by atoms with Gasteiger partial charge in [0.15, 0.2) is 0 Å². The van der Waals surface area contributed by atoms with E-state index in [9.17, 15) is 12.8 Å². The fraction of sp³-hybridized carbons (Fsp3) is 0.360. The third kappa shape index (κ3) is 8.62. The average molecular weight is 575 g/mol. The van der Waals surface area contributed by atoms with Gasteiger partial charge in [0, 0.05) is 37.1 Å².